The number of amides is 1. The predicted octanol–water partition coefficient (Wildman–Crippen LogP) is 3.49. The van der Waals surface area contributed by atoms with E-state index in [1.807, 2.05) is 0 Å². The molecular weight excluding hydrogens is 314 g/mol. The number of fused-ring (bicyclic) bond motifs is 2. The van der Waals surface area contributed by atoms with Crippen LogP contribution in [-0.2, 0) is 28.8 Å². The molecule has 1 saturated carbocycles. The zero-order valence-electron chi connectivity index (χ0n) is 14.6. The summed E-state index contributed by atoms with van der Waals surface area (Å²) in [6, 6.07) is 4.89. The van der Waals surface area contributed by atoms with Gasteiger partial charge in [0.1, 0.15) is 5.58 Å². The van der Waals surface area contributed by atoms with E-state index in [0.29, 0.717) is 18.4 Å². The third kappa shape index (κ3) is 2.97. The first-order valence-electron chi connectivity index (χ1n) is 9.67. The van der Waals surface area contributed by atoms with Gasteiger partial charge in [-0.15, -0.1) is 0 Å². The Morgan fingerprint density at radius 1 is 1.16 bits per heavy atom. The molecule has 5 rings (SSSR count). The lowest BCUT2D eigenvalue weighted by atomic mass is 10.0. The van der Waals surface area contributed by atoms with Crippen LogP contribution in [0.15, 0.2) is 22.8 Å². The Balaban J connectivity index is 1.36. The van der Waals surface area contributed by atoms with E-state index in [0.717, 1.165) is 68.4 Å². The van der Waals surface area contributed by atoms with Gasteiger partial charge in [0.25, 0.3) is 0 Å². The molecule has 0 bridgehead atoms. The Labute approximate surface area is 148 Å². The highest BCUT2D eigenvalue weighted by Gasteiger charge is 2.35. The lowest BCUT2D eigenvalue weighted by molar-refractivity contribution is -0.131. The van der Waals surface area contributed by atoms with Crippen LogP contribution in [0.5, 0.6) is 0 Å². The molecule has 1 atom stereocenters. The van der Waals surface area contributed by atoms with Crippen LogP contribution < -0.4 is 0 Å². The van der Waals surface area contributed by atoms with Crippen molar-refractivity contribution in [2.75, 3.05) is 19.8 Å². The molecule has 1 unspecified atom stereocenters. The minimum atomic E-state index is 0.248. The van der Waals surface area contributed by atoms with Crippen LogP contribution in [0.3, 0.4) is 0 Å². The molecular formula is C21H25NO3. The normalized spacial score (nSPS) is 22.5. The van der Waals surface area contributed by atoms with Crippen LogP contribution in [0.1, 0.15) is 42.4 Å². The molecule has 0 spiro atoms. The van der Waals surface area contributed by atoms with Crippen LogP contribution in [0.4, 0.5) is 0 Å². The molecule has 25 heavy (non-hydrogen) atoms. The minimum Gasteiger partial charge on any atom is -0.464 e. The van der Waals surface area contributed by atoms with Crippen LogP contribution in [0, 0.1) is 5.92 Å². The largest absolute Gasteiger partial charge is 0.464 e. The van der Waals surface area contributed by atoms with E-state index in [9.17, 15) is 4.79 Å². The van der Waals surface area contributed by atoms with E-state index in [2.05, 4.69) is 17.0 Å². The summed E-state index contributed by atoms with van der Waals surface area (Å²) in [4.78, 5) is 15.1. The molecule has 2 aromatic rings. The molecule has 4 nitrogen and oxygen atoms in total. The molecule has 2 heterocycles. The van der Waals surface area contributed by atoms with Crippen molar-refractivity contribution in [3.63, 3.8) is 0 Å². The van der Waals surface area contributed by atoms with E-state index < -0.39 is 0 Å². The summed E-state index contributed by atoms with van der Waals surface area (Å²) in [7, 11) is 0. The van der Waals surface area contributed by atoms with Crippen molar-refractivity contribution in [2.45, 2.75) is 51.0 Å². The SMILES string of the molecule is O=C(Cc1coc2cc3c(cc12)CCC3)N(CC1CCOC1)C1CC1. The molecule has 4 heteroatoms. The molecule has 132 valence electrons. The smallest absolute Gasteiger partial charge is 0.227 e. The van der Waals surface area contributed by atoms with Gasteiger partial charge in [0.15, 0.2) is 0 Å². The maximum atomic E-state index is 13.0. The Hall–Kier alpha value is -1.81. The summed E-state index contributed by atoms with van der Waals surface area (Å²) in [6.45, 7) is 2.50. The lowest BCUT2D eigenvalue weighted by Crippen LogP contribution is -2.38. The molecule has 0 radical (unpaired) electrons. The summed E-state index contributed by atoms with van der Waals surface area (Å²) in [5, 5.41) is 1.13. The van der Waals surface area contributed by atoms with Crippen molar-refractivity contribution in [2.24, 2.45) is 5.92 Å². The summed E-state index contributed by atoms with van der Waals surface area (Å²) >= 11 is 0. The van der Waals surface area contributed by atoms with Gasteiger partial charge in [0.2, 0.25) is 5.91 Å². The van der Waals surface area contributed by atoms with Gasteiger partial charge in [-0.05, 0) is 61.8 Å². The number of carbonyl (C=O) groups is 1. The maximum absolute atomic E-state index is 13.0. The van der Waals surface area contributed by atoms with Gasteiger partial charge in [-0.2, -0.15) is 0 Å². The predicted molar refractivity (Wildman–Crippen MR) is 95.6 cm³/mol. The van der Waals surface area contributed by atoms with Gasteiger partial charge in [-0.25, -0.2) is 0 Å². The number of benzene rings is 1. The zero-order chi connectivity index (χ0) is 16.8. The van der Waals surface area contributed by atoms with E-state index in [1.54, 1.807) is 6.26 Å². The lowest BCUT2D eigenvalue weighted by Gasteiger charge is -2.25. The van der Waals surface area contributed by atoms with Crippen LogP contribution in [0.25, 0.3) is 11.0 Å². The summed E-state index contributed by atoms with van der Waals surface area (Å²) in [6.07, 6.45) is 9.17. The van der Waals surface area contributed by atoms with E-state index >= 15 is 0 Å². The highest BCUT2D eigenvalue weighted by Crippen LogP contribution is 2.33. The van der Waals surface area contributed by atoms with Crippen molar-refractivity contribution < 1.29 is 13.9 Å². The molecule has 1 amide bonds. The quantitative estimate of drug-likeness (QED) is 0.837. The summed E-state index contributed by atoms with van der Waals surface area (Å²) in [5.74, 6) is 0.756. The van der Waals surface area contributed by atoms with Gasteiger partial charge in [-0.1, -0.05) is 0 Å². The maximum Gasteiger partial charge on any atom is 0.227 e. The summed E-state index contributed by atoms with van der Waals surface area (Å²) in [5.41, 5.74) is 4.83. The molecule has 3 aliphatic rings. The number of hydrogen-bond acceptors (Lipinski definition) is 3. The third-order valence-corrected chi connectivity index (χ3v) is 6.00. The molecule has 2 aliphatic carbocycles. The van der Waals surface area contributed by atoms with Crippen molar-refractivity contribution in [1.29, 1.82) is 0 Å². The average molecular weight is 339 g/mol. The first-order valence-corrected chi connectivity index (χ1v) is 9.67. The molecule has 1 aliphatic heterocycles. The Bertz CT molecular complexity index is 799. The van der Waals surface area contributed by atoms with Gasteiger partial charge in [0.05, 0.1) is 19.3 Å². The number of rotatable bonds is 5. The fraction of sp³-hybridized carbons (Fsp3) is 0.571. The number of nitrogens with zero attached hydrogens (tertiary/aromatic N) is 1. The fourth-order valence-electron chi connectivity index (χ4n) is 4.40. The van der Waals surface area contributed by atoms with E-state index in [-0.39, 0.29) is 5.91 Å². The summed E-state index contributed by atoms with van der Waals surface area (Å²) < 4.78 is 11.3. The number of ether oxygens (including phenoxy) is 1. The van der Waals surface area contributed by atoms with Crippen LogP contribution >= 0.6 is 0 Å². The van der Waals surface area contributed by atoms with Crippen LogP contribution in [0.2, 0.25) is 0 Å². The van der Waals surface area contributed by atoms with Crippen molar-refractivity contribution >= 4 is 16.9 Å². The number of furan rings is 1. The molecule has 2 fully saturated rings. The Kier molecular flexibility index (Phi) is 3.81. The van der Waals surface area contributed by atoms with E-state index in [4.69, 9.17) is 9.15 Å². The Morgan fingerprint density at radius 2 is 2.00 bits per heavy atom. The second kappa shape index (κ2) is 6.17. The first kappa shape index (κ1) is 15.4. The van der Waals surface area contributed by atoms with Gasteiger partial charge < -0.3 is 14.1 Å². The van der Waals surface area contributed by atoms with Crippen LogP contribution in [-0.4, -0.2) is 36.6 Å². The van der Waals surface area contributed by atoms with Gasteiger partial charge in [-0.3, -0.25) is 4.79 Å². The molecule has 0 N–H and O–H groups in total. The first-order chi connectivity index (χ1) is 12.3. The fourth-order valence-corrected chi connectivity index (χ4v) is 4.40. The van der Waals surface area contributed by atoms with Gasteiger partial charge in [0, 0.05) is 36.1 Å². The number of hydrogen-bond donors (Lipinski definition) is 0. The minimum absolute atomic E-state index is 0.248. The highest BCUT2D eigenvalue weighted by molar-refractivity contribution is 5.89. The second-order valence-corrected chi connectivity index (χ2v) is 7.92. The van der Waals surface area contributed by atoms with Crippen molar-refractivity contribution in [1.82, 2.24) is 4.90 Å². The zero-order valence-corrected chi connectivity index (χ0v) is 14.6. The Morgan fingerprint density at radius 3 is 2.76 bits per heavy atom. The highest BCUT2D eigenvalue weighted by atomic mass is 16.5. The van der Waals surface area contributed by atoms with Crippen molar-refractivity contribution in [3.8, 4) is 0 Å². The molecule has 1 aromatic heterocycles. The number of carbonyl (C=O) groups excluding carboxylic acids is 1. The standard InChI is InChI=1S/C21H25NO3/c23-21(22(18-4-5-18)11-14-6-7-24-12-14)10-17-13-25-20-9-16-3-1-2-15(16)8-19(17)20/h8-9,13-14,18H,1-7,10-12H2. The molecule has 1 aromatic carbocycles. The molecule has 1 saturated heterocycles. The number of aryl methyl sites for hydroxylation is 2. The van der Waals surface area contributed by atoms with Gasteiger partial charge >= 0.3 is 0 Å². The second-order valence-electron chi connectivity index (χ2n) is 7.92. The third-order valence-electron chi connectivity index (χ3n) is 6.00. The van der Waals surface area contributed by atoms with Crippen molar-refractivity contribution in [3.05, 3.63) is 35.1 Å². The van der Waals surface area contributed by atoms with E-state index in [1.165, 1.54) is 17.5 Å². The average Bonchev–Trinajstić information content (AvgIpc) is 3.00. The topological polar surface area (TPSA) is 42.7 Å². The monoisotopic (exact) mass is 339 g/mol.